The van der Waals surface area contributed by atoms with Crippen molar-refractivity contribution >= 4 is 43.9 Å². The van der Waals surface area contributed by atoms with Crippen LogP contribution in [0.2, 0.25) is 9.36 Å². The van der Waals surface area contributed by atoms with Crippen molar-refractivity contribution in [2.24, 2.45) is 5.92 Å². The van der Waals surface area contributed by atoms with Gasteiger partial charge >= 0.3 is 232 Å². The van der Waals surface area contributed by atoms with Crippen molar-refractivity contribution in [2.75, 3.05) is 0 Å². The van der Waals surface area contributed by atoms with Crippen LogP contribution in [0.5, 0.6) is 0 Å². The van der Waals surface area contributed by atoms with Crippen molar-refractivity contribution in [3.63, 3.8) is 0 Å². The summed E-state index contributed by atoms with van der Waals surface area (Å²) >= 11 is -3.72. The van der Waals surface area contributed by atoms with Crippen LogP contribution in [0.1, 0.15) is 50.4 Å². The van der Waals surface area contributed by atoms with Crippen LogP contribution in [0.25, 0.3) is 34.4 Å². The summed E-state index contributed by atoms with van der Waals surface area (Å²) in [6, 6.07) is 36.0. The van der Waals surface area contributed by atoms with E-state index in [0.29, 0.717) is 13.3 Å². The maximum Gasteiger partial charge on any atom is -0.147 e. The van der Waals surface area contributed by atoms with Gasteiger partial charge in [-0.1, -0.05) is 0 Å². The Morgan fingerprint density at radius 1 is 0.600 bits per heavy atom. The molecule has 4 aromatic rings. The molecule has 40 heavy (non-hydrogen) atoms. The van der Waals surface area contributed by atoms with Crippen molar-refractivity contribution in [1.82, 2.24) is 0 Å². The standard InChI is InChI=1S/C18H17.C16H13.2CH3.2ClH.Hf.H2Si/c1-13(2)16-11-15-9-6-10-17(18(15)12-16)14-7-4-3-5-8-14;1-12-10-14-8-5-9-15(16(14)11-12)13-6-3-2-4-7-13;;;;;;/h3-13H,1-2H3;2-11H,1H3;2*1H3;2*1H;;1H2. The van der Waals surface area contributed by atoms with Gasteiger partial charge in [-0.3, -0.25) is 0 Å². The maximum atomic E-state index is 2.76. The van der Waals surface area contributed by atoms with Gasteiger partial charge in [0, 0.05) is 0 Å². The van der Waals surface area contributed by atoms with E-state index in [1.165, 1.54) is 33.4 Å². The third-order valence-corrected chi connectivity index (χ3v) is 34.5. The molecule has 2 aliphatic rings. The molecule has 6 rings (SSSR count). The molecule has 0 N–H and O–H groups in total. The van der Waals surface area contributed by atoms with Gasteiger partial charge in [-0.2, -0.15) is 0 Å². The van der Waals surface area contributed by atoms with E-state index in [4.69, 9.17) is 0 Å². The zero-order chi connectivity index (χ0) is 26.7. The van der Waals surface area contributed by atoms with Gasteiger partial charge in [0.15, 0.2) is 0 Å². The van der Waals surface area contributed by atoms with E-state index in [2.05, 4.69) is 146 Å². The van der Waals surface area contributed by atoms with Gasteiger partial charge in [-0.25, -0.2) is 0 Å². The van der Waals surface area contributed by atoms with Gasteiger partial charge in [0.1, 0.15) is 0 Å². The molecule has 0 heterocycles. The second-order valence-corrected chi connectivity index (χ2v) is 56.3. The second kappa shape index (κ2) is 11.4. The molecule has 0 radical (unpaired) electrons. The molecule has 2 unspecified atom stereocenters. The van der Waals surface area contributed by atoms with Crippen LogP contribution in [-0.4, -0.2) is 6.94 Å². The molecule has 0 fully saturated rings. The first-order valence-corrected chi connectivity index (χ1v) is 33.7. The zero-order valence-electron chi connectivity index (χ0n) is 24.1. The molecule has 0 bridgehead atoms. The predicted molar refractivity (Wildman–Crippen MR) is 180 cm³/mol. The monoisotopic (exact) mass is 750 g/mol. The maximum absolute atomic E-state index is 3.72. The van der Waals surface area contributed by atoms with Crippen LogP contribution in [0.3, 0.4) is 0 Å². The number of hydrogen-bond acceptors (Lipinski definition) is 0. The van der Waals surface area contributed by atoms with Crippen LogP contribution in [0.4, 0.5) is 0 Å². The molecule has 4 heteroatoms. The molecule has 4 aromatic carbocycles. The van der Waals surface area contributed by atoms with Gasteiger partial charge in [0.2, 0.25) is 0 Å². The van der Waals surface area contributed by atoms with Crippen LogP contribution in [0.15, 0.2) is 108 Å². The summed E-state index contributed by atoms with van der Waals surface area (Å²) in [4.78, 5) is 0. The van der Waals surface area contributed by atoms with E-state index in [-0.39, 0.29) is 24.8 Å². The Morgan fingerprint density at radius 2 is 1.05 bits per heavy atom. The molecule has 0 saturated heterocycles. The Balaban J connectivity index is 0.00000185. The number of fused-ring (bicyclic) bond motifs is 2. The Bertz CT molecular complexity index is 1680. The van der Waals surface area contributed by atoms with Crippen molar-refractivity contribution in [1.29, 1.82) is 0 Å². The van der Waals surface area contributed by atoms with Gasteiger partial charge in [0.25, 0.3) is 0 Å². The molecule has 0 amide bonds. The van der Waals surface area contributed by atoms with Crippen molar-refractivity contribution in [3.05, 3.63) is 130 Å². The smallest absolute Gasteiger partial charge is 0.147 e. The fourth-order valence-electron chi connectivity index (χ4n) is 7.70. The normalized spacial score (nSPS) is 17.8. The zero-order valence-corrected chi connectivity index (χ0v) is 30.8. The topological polar surface area (TPSA) is 0 Å². The summed E-state index contributed by atoms with van der Waals surface area (Å²) < 4.78 is 6.60. The fourth-order valence-corrected chi connectivity index (χ4v) is 37.3. The number of rotatable bonds is 5. The molecule has 0 nitrogen and oxygen atoms in total. The fraction of sp³-hybridized carbons (Fsp3) is 0.222. The van der Waals surface area contributed by atoms with E-state index in [9.17, 15) is 0 Å². The minimum atomic E-state index is -3.72. The molecular formula is C36H40Cl2HfSi. The molecule has 0 aromatic heterocycles. The number of hydrogen-bond donors (Lipinski definition) is 0. The first kappa shape index (κ1) is 31.0. The van der Waals surface area contributed by atoms with Gasteiger partial charge < -0.3 is 0 Å². The van der Waals surface area contributed by atoms with Crippen LogP contribution in [0, 0.1) is 5.92 Å². The van der Waals surface area contributed by atoms with E-state index in [1.54, 1.807) is 22.3 Å². The molecule has 0 aliphatic heterocycles. The minimum Gasteiger partial charge on any atom is -0.147 e. The Morgan fingerprint density at radius 3 is 1.52 bits per heavy atom. The average molecular weight is 750 g/mol. The van der Waals surface area contributed by atoms with Crippen molar-refractivity contribution in [2.45, 2.75) is 37.5 Å². The number of halogens is 2. The first-order chi connectivity index (χ1) is 18.2. The Kier molecular flexibility index (Phi) is 8.80. The molecule has 2 atom stereocenters. The molecule has 206 valence electrons. The SMILES string of the molecule is CC1=Cc2c(-c3ccccc3)cccc2[CH]1[Hf]([CH3])([CH3])(=[SiH2])[CH]1C(C(C)C)=Cc2c(-c3ccccc3)cccc21.Cl.Cl. The molecule has 2 aliphatic carbocycles. The number of benzene rings is 4. The summed E-state index contributed by atoms with van der Waals surface area (Å²) in [7, 11) is 0. The summed E-state index contributed by atoms with van der Waals surface area (Å²) in [6.07, 6.45) is 5.10. The minimum absolute atomic E-state index is 0. The quantitative estimate of drug-likeness (QED) is 0.178. The van der Waals surface area contributed by atoms with Crippen LogP contribution in [-0.2, 0) is 17.1 Å². The predicted octanol–water partition coefficient (Wildman–Crippen LogP) is 10.5. The van der Waals surface area contributed by atoms with Gasteiger partial charge in [-0.05, 0) is 0 Å². The Hall–Kier alpha value is -1.97. The summed E-state index contributed by atoms with van der Waals surface area (Å²) in [6.45, 7) is 9.67. The summed E-state index contributed by atoms with van der Waals surface area (Å²) in [5, 5.41) is 0. The number of allylic oxidation sites excluding steroid dienone is 2. The largest absolute Gasteiger partial charge is 0.147 e. The third-order valence-electron chi connectivity index (χ3n) is 9.11. The van der Waals surface area contributed by atoms with E-state index >= 15 is 0 Å². The van der Waals surface area contributed by atoms with Crippen LogP contribution < -0.4 is 0 Å². The molecular weight excluding hydrogens is 710 g/mol. The summed E-state index contributed by atoms with van der Waals surface area (Å²) in [5.74, 6) is 0.525. The van der Waals surface area contributed by atoms with Gasteiger partial charge in [0.05, 0.1) is 0 Å². The first-order valence-electron chi connectivity index (χ1n) is 14.0. The van der Waals surface area contributed by atoms with E-state index in [1.807, 2.05) is 0 Å². The summed E-state index contributed by atoms with van der Waals surface area (Å²) in [5.41, 5.74) is 14.7. The average Bonchev–Trinajstić information content (AvgIpc) is 3.48. The third kappa shape index (κ3) is 5.00. The second-order valence-electron chi connectivity index (χ2n) is 12.8. The molecule has 0 saturated carbocycles. The Labute approximate surface area is 255 Å². The van der Waals surface area contributed by atoms with E-state index < -0.39 is 17.1 Å². The van der Waals surface area contributed by atoms with E-state index in [0.717, 1.165) is 0 Å². The molecule has 0 spiro atoms. The van der Waals surface area contributed by atoms with Crippen molar-refractivity contribution in [3.8, 4) is 22.3 Å². The van der Waals surface area contributed by atoms with Crippen LogP contribution >= 0.6 is 24.8 Å². The van der Waals surface area contributed by atoms with Crippen molar-refractivity contribution < 1.29 is 17.1 Å². The van der Waals surface area contributed by atoms with Gasteiger partial charge in [-0.15, -0.1) is 24.8 Å².